The van der Waals surface area contributed by atoms with Gasteiger partial charge in [0.15, 0.2) is 0 Å². The predicted octanol–water partition coefficient (Wildman–Crippen LogP) is 3.57. The summed E-state index contributed by atoms with van der Waals surface area (Å²) in [7, 11) is 0. The van der Waals surface area contributed by atoms with Crippen LogP contribution in [0.2, 0.25) is 0 Å². The summed E-state index contributed by atoms with van der Waals surface area (Å²) in [5, 5.41) is 4.66. The van der Waals surface area contributed by atoms with Crippen LogP contribution in [0.5, 0.6) is 0 Å². The molecule has 1 aromatic heterocycles. The SMILES string of the molecule is CCNCc1ccc2c(ccn2CCOC(C)(C)C)c1. The lowest BCUT2D eigenvalue weighted by atomic mass is 10.1. The van der Waals surface area contributed by atoms with Crippen molar-refractivity contribution >= 4 is 10.9 Å². The number of fused-ring (bicyclic) bond motifs is 1. The molecule has 1 aromatic carbocycles. The molecular formula is C17H26N2O. The number of aromatic nitrogens is 1. The van der Waals surface area contributed by atoms with Crippen LogP contribution in [-0.2, 0) is 17.8 Å². The highest BCUT2D eigenvalue weighted by Gasteiger charge is 2.10. The first kappa shape index (κ1) is 15.1. The van der Waals surface area contributed by atoms with E-state index in [1.807, 2.05) is 0 Å². The second kappa shape index (κ2) is 6.42. The lowest BCUT2D eigenvalue weighted by Gasteiger charge is -2.19. The van der Waals surface area contributed by atoms with Crippen molar-refractivity contribution in [2.45, 2.75) is 46.4 Å². The number of hydrogen-bond acceptors (Lipinski definition) is 2. The van der Waals surface area contributed by atoms with Crippen LogP contribution in [0, 0.1) is 0 Å². The molecule has 0 aliphatic heterocycles. The second-order valence-electron chi connectivity index (χ2n) is 6.14. The number of nitrogens with zero attached hydrogens (tertiary/aromatic N) is 1. The summed E-state index contributed by atoms with van der Waals surface area (Å²) in [5.41, 5.74) is 2.55. The molecule has 0 atom stereocenters. The fourth-order valence-corrected chi connectivity index (χ4v) is 2.27. The molecular weight excluding hydrogens is 248 g/mol. The Hall–Kier alpha value is -1.32. The van der Waals surface area contributed by atoms with Gasteiger partial charge in [0.05, 0.1) is 12.2 Å². The van der Waals surface area contributed by atoms with Crippen molar-refractivity contribution in [3.63, 3.8) is 0 Å². The Bertz CT molecular complexity index is 552. The van der Waals surface area contributed by atoms with Crippen molar-refractivity contribution in [1.29, 1.82) is 0 Å². The number of ether oxygens (including phenoxy) is 1. The van der Waals surface area contributed by atoms with E-state index in [-0.39, 0.29) is 5.60 Å². The maximum atomic E-state index is 5.80. The molecule has 3 heteroatoms. The Morgan fingerprint density at radius 3 is 2.70 bits per heavy atom. The van der Waals surface area contributed by atoms with Gasteiger partial charge in [-0.2, -0.15) is 0 Å². The maximum absolute atomic E-state index is 5.80. The lowest BCUT2D eigenvalue weighted by molar-refractivity contribution is -0.00644. The summed E-state index contributed by atoms with van der Waals surface area (Å²) in [6.07, 6.45) is 2.15. The fourth-order valence-electron chi connectivity index (χ4n) is 2.27. The number of rotatable bonds is 6. The van der Waals surface area contributed by atoms with Crippen LogP contribution in [0.25, 0.3) is 10.9 Å². The number of benzene rings is 1. The van der Waals surface area contributed by atoms with Crippen molar-refractivity contribution in [2.24, 2.45) is 0 Å². The van der Waals surface area contributed by atoms with E-state index in [1.54, 1.807) is 0 Å². The van der Waals surface area contributed by atoms with Gasteiger partial charge in [0.1, 0.15) is 0 Å². The van der Waals surface area contributed by atoms with Crippen LogP contribution in [0.1, 0.15) is 33.3 Å². The molecule has 3 nitrogen and oxygen atoms in total. The van der Waals surface area contributed by atoms with E-state index >= 15 is 0 Å². The third-order valence-corrected chi connectivity index (χ3v) is 3.28. The minimum absolute atomic E-state index is 0.0675. The molecule has 0 fully saturated rings. The van der Waals surface area contributed by atoms with Crippen LogP contribution >= 0.6 is 0 Å². The first-order valence-electron chi connectivity index (χ1n) is 7.42. The van der Waals surface area contributed by atoms with Gasteiger partial charge in [-0.25, -0.2) is 0 Å². The van der Waals surface area contributed by atoms with Gasteiger partial charge in [-0.15, -0.1) is 0 Å². The molecule has 110 valence electrons. The van der Waals surface area contributed by atoms with Crippen LogP contribution in [-0.4, -0.2) is 23.3 Å². The van der Waals surface area contributed by atoms with E-state index in [4.69, 9.17) is 4.74 Å². The fraction of sp³-hybridized carbons (Fsp3) is 0.529. The Kier molecular flexibility index (Phi) is 4.84. The highest BCUT2D eigenvalue weighted by atomic mass is 16.5. The van der Waals surface area contributed by atoms with Gasteiger partial charge < -0.3 is 14.6 Å². The molecule has 0 radical (unpaired) electrons. The molecule has 0 spiro atoms. The number of nitrogens with one attached hydrogen (secondary N) is 1. The minimum Gasteiger partial charge on any atom is -0.374 e. The van der Waals surface area contributed by atoms with Crippen molar-refractivity contribution in [2.75, 3.05) is 13.2 Å². The van der Waals surface area contributed by atoms with Crippen LogP contribution < -0.4 is 5.32 Å². The summed E-state index contributed by atoms with van der Waals surface area (Å²) in [4.78, 5) is 0. The zero-order chi connectivity index (χ0) is 14.6. The normalized spacial score (nSPS) is 12.2. The van der Waals surface area contributed by atoms with Crippen molar-refractivity contribution in [3.8, 4) is 0 Å². The van der Waals surface area contributed by atoms with Crippen LogP contribution in [0.15, 0.2) is 30.5 Å². The predicted molar refractivity (Wildman–Crippen MR) is 85.0 cm³/mol. The molecule has 0 saturated heterocycles. The molecule has 1 N–H and O–H groups in total. The Morgan fingerprint density at radius 2 is 2.00 bits per heavy atom. The van der Waals surface area contributed by atoms with Gasteiger partial charge in [0.2, 0.25) is 0 Å². The van der Waals surface area contributed by atoms with E-state index in [0.29, 0.717) is 0 Å². The third kappa shape index (κ3) is 4.09. The first-order valence-corrected chi connectivity index (χ1v) is 7.42. The number of hydrogen-bond donors (Lipinski definition) is 1. The summed E-state index contributed by atoms with van der Waals surface area (Å²) in [5.74, 6) is 0. The van der Waals surface area contributed by atoms with Gasteiger partial charge in [-0.05, 0) is 56.5 Å². The van der Waals surface area contributed by atoms with Crippen LogP contribution in [0.4, 0.5) is 0 Å². The zero-order valence-corrected chi connectivity index (χ0v) is 13.1. The summed E-state index contributed by atoms with van der Waals surface area (Å²) in [6.45, 7) is 12.0. The largest absolute Gasteiger partial charge is 0.374 e. The zero-order valence-electron chi connectivity index (χ0n) is 13.1. The van der Waals surface area contributed by atoms with Gasteiger partial charge in [-0.3, -0.25) is 0 Å². The molecule has 0 saturated carbocycles. The summed E-state index contributed by atoms with van der Waals surface area (Å²) < 4.78 is 8.06. The smallest absolute Gasteiger partial charge is 0.0652 e. The van der Waals surface area contributed by atoms with E-state index in [2.05, 4.69) is 68.0 Å². The van der Waals surface area contributed by atoms with Crippen LogP contribution in [0.3, 0.4) is 0 Å². The maximum Gasteiger partial charge on any atom is 0.0652 e. The average molecular weight is 274 g/mol. The highest BCUT2D eigenvalue weighted by molar-refractivity contribution is 5.80. The second-order valence-corrected chi connectivity index (χ2v) is 6.14. The molecule has 0 amide bonds. The van der Waals surface area contributed by atoms with Crippen molar-refractivity contribution in [1.82, 2.24) is 9.88 Å². The van der Waals surface area contributed by atoms with E-state index in [1.165, 1.54) is 16.5 Å². The molecule has 0 aliphatic rings. The van der Waals surface area contributed by atoms with Crippen molar-refractivity contribution in [3.05, 3.63) is 36.0 Å². The Morgan fingerprint density at radius 1 is 1.20 bits per heavy atom. The lowest BCUT2D eigenvalue weighted by Crippen LogP contribution is -2.21. The van der Waals surface area contributed by atoms with Gasteiger partial charge >= 0.3 is 0 Å². The summed E-state index contributed by atoms with van der Waals surface area (Å²) in [6, 6.07) is 8.85. The molecule has 1 heterocycles. The van der Waals surface area contributed by atoms with Gasteiger partial charge in [0.25, 0.3) is 0 Å². The van der Waals surface area contributed by atoms with E-state index < -0.39 is 0 Å². The molecule has 2 aromatic rings. The molecule has 2 rings (SSSR count). The quantitative estimate of drug-likeness (QED) is 0.871. The van der Waals surface area contributed by atoms with Gasteiger partial charge in [0, 0.05) is 24.8 Å². The first-order chi connectivity index (χ1) is 9.49. The molecule has 0 unspecified atom stereocenters. The van der Waals surface area contributed by atoms with Crippen molar-refractivity contribution < 1.29 is 4.74 Å². The van der Waals surface area contributed by atoms with E-state index in [9.17, 15) is 0 Å². The molecule has 0 bridgehead atoms. The third-order valence-electron chi connectivity index (χ3n) is 3.28. The average Bonchev–Trinajstić information content (AvgIpc) is 2.77. The summed E-state index contributed by atoms with van der Waals surface area (Å²) >= 11 is 0. The topological polar surface area (TPSA) is 26.2 Å². The highest BCUT2D eigenvalue weighted by Crippen LogP contribution is 2.18. The molecule has 0 aliphatic carbocycles. The molecule has 20 heavy (non-hydrogen) atoms. The standard InChI is InChI=1S/C17H26N2O/c1-5-18-13-14-6-7-16-15(12-14)8-9-19(16)10-11-20-17(2,3)4/h6-9,12,18H,5,10-11,13H2,1-4H3. The Labute approximate surface area is 121 Å². The Balaban J connectivity index is 2.04. The van der Waals surface area contributed by atoms with E-state index in [0.717, 1.165) is 26.2 Å². The minimum atomic E-state index is -0.0675. The van der Waals surface area contributed by atoms with Gasteiger partial charge in [-0.1, -0.05) is 13.0 Å². The monoisotopic (exact) mass is 274 g/mol.